The van der Waals surface area contributed by atoms with Gasteiger partial charge in [0.2, 0.25) is 5.89 Å². The fraction of sp³-hybridized carbons (Fsp3) is 0.600. The lowest BCUT2D eigenvalue weighted by molar-refractivity contribution is 0.319. The Bertz CT molecular complexity index is 1070. The maximum Gasteiger partial charge on any atom is 0.263 e. The third kappa shape index (κ3) is 3.52. The van der Waals surface area contributed by atoms with Crippen LogP contribution in [-0.4, -0.2) is 19.7 Å². The Balaban J connectivity index is 1.67. The second kappa shape index (κ2) is 7.30. The first-order valence-corrected chi connectivity index (χ1v) is 11.6. The van der Waals surface area contributed by atoms with Gasteiger partial charge in [0.05, 0.1) is 11.1 Å². The summed E-state index contributed by atoms with van der Waals surface area (Å²) in [6, 6.07) is 0. The maximum absolute atomic E-state index is 13.2. The molecule has 0 aliphatic heterocycles. The number of fused-ring (bicyclic) bond motifs is 3. The van der Waals surface area contributed by atoms with E-state index in [1.54, 1.807) is 15.9 Å². The Kier molecular flexibility index (Phi) is 5.12. The minimum atomic E-state index is -0.175. The number of nitrogens with zero attached hydrogens (tertiary/aromatic N) is 4. The Hall–Kier alpha value is -1.67. The summed E-state index contributed by atoms with van der Waals surface area (Å²) in [4.78, 5) is 24.8. The summed E-state index contributed by atoms with van der Waals surface area (Å²) in [7, 11) is 0. The predicted molar refractivity (Wildman–Crippen MR) is 113 cm³/mol. The molecule has 3 aromatic heterocycles. The van der Waals surface area contributed by atoms with Crippen LogP contribution < -0.4 is 5.56 Å². The SMILES string of the molecule is CCn1c(SCc2noc(C(C)(C)C)n2)nc2sc3c(c2c1=O)CCC(C)C3. The van der Waals surface area contributed by atoms with Crippen molar-refractivity contribution in [2.24, 2.45) is 5.92 Å². The van der Waals surface area contributed by atoms with Gasteiger partial charge >= 0.3 is 0 Å². The maximum atomic E-state index is 13.2. The molecule has 1 atom stereocenters. The number of rotatable bonds is 4. The molecule has 1 unspecified atom stereocenters. The number of hydrogen-bond acceptors (Lipinski definition) is 7. The topological polar surface area (TPSA) is 73.8 Å². The van der Waals surface area contributed by atoms with E-state index >= 15 is 0 Å². The Morgan fingerprint density at radius 1 is 1.32 bits per heavy atom. The molecule has 0 aromatic carbocycles. The van der Waals surface area contributed by atoms with Crippen LogP contribution in [0, 0.1) is 5.92 Å². The van der Waals surface area contributed by atoms with E-state index in [9.17, 15) is 4.79 Å². The average Bonchev–Trinajstić information content (AvgIpc) is 3.23. The van der Waals surface area contributed by atoms with E-state index in [1.807, 2.05) is 27.7 Å². The molecule has 0 saturated carbocycles. The molecule has 0 bridgehead atoms. The highest BCUT2D eigenvalue weighted by Crippen LogP contribution is 2.36. The first-order chi connectivity index (χ1) is 13.3. The minimum absolute atomic E-state index is 0.0885. The molecule has 1 aliphatic carbocycles. The van der Waals surface area contributed by atoms with Crippen LogP contribution in [0.5, 0.6) is 0 Å². The molecule has 8 heteroatoms. The van der Waals surface area contributed by atoms with Crippen molar-refractivity contribution in [1.82, 2.24) is 19.7 Å². The van der Waals surface area contributed by atoms with E-state index in [0.29, 0.717) is 29.9 Å². The summed E-state index contributed by atoms with van der Waals surface area (Å²) < 4.78 is 7.15. The molecule has 6 nitrogen and oxygen atoms in total. The first kappa shape index (κ1) is 19.6. The quantitative estimate of drug-likeness (QED) is 0.456. The molecule has 150 valence electrons. The summed E-state index contributed by atoms with van der Waals surface area (Å²) in [5, 5.41) is 5.65. The van der Waals surface area contributed by atoms with Gasteiger partial charge in [-0.05, 0) is 37.7 Å². The van der Waals surface area contributed by atoms with Crippen molar-refractivity contribution in [1.29, 1.82) is 0 Å². The van der Waals surface area contributed by atoms with Crippen molar-refractivity contribution >= 4 is 33.3 Å². The van der Waals surface area contributed by atoms with Gasteiger partial charge in [0.15, 0.2) is 11.0 Å². The summed E-state index contributed by atoms with van der Waals surface area (Å²) in [6.45, 7) is 11.0. The van der Waals surface area contributed by atoms with Crippen LogP contribution in [0.3, 0.4) is 0 Å². The molecule has 3 heterocycles. The highest BCUT2D eigenvalue weighted by atomic mass is 32.2. The fourth-order valence-electron chi connectivity index (χ4n) is 3.54. The van der Waals surface area contributed by atoms with Crippen molar-refractivity contribution in [2.45, 2.75) is 76.8 Å². The zero-order valence-electron chi connectivity index (χ0n) is 17.0. The Morgan fingerprint density at radius 3 is 2.79 bits per heavy atom. The van der Waals surface area contributed by atoms with Crippen molar-refractivity contribution in [3.05, 3.63) is 32.5 Å². The smallest absolute Gasteiger partial charge is 0.263 e. The van der Waals surface area contributed by atoms with Gasteiger partial charge in [-0.25, -0.2) is 4.98 Å². The van der Waals surface area contributed by atoms with Crippen molar-refractivity contribution in [3.8, 4) is 0 Å². The molecular formula is C20H26N4O2S2. The van der Waals surface area contributed by atoms with Gasteiger partial charge in [-0.1, -0.05) is 44.6 Å². The zero-order chi connectivity index (χ0) is 20.1. The third-order valence-electron chi connectivity index (χ3n) is 5.14. The number of hydrogen-bond donors (Lipinski definition) is 0. The van der Waals surface area contributed by atoms with Crippen LogP contribution in [0.25, 0.3) is 10.2 Å². The van der Waals surface area contributed by atoms with Gasteiger partial charge in [0.1, 0.15) is 4.83 Å². The Morgan fingerprint density at radius 2 is 2.11 bits per heavy atom. The molecule has 0 fully saturated rings. The molecule has 0 spiro atoms. The van der Waals surface area contributed by atoms with E-state index in [4.69, 9.17) is 9.51 Å². The predicted octanol–water partition coefficient (Wildman–Crippen LogP) is 4.58. The standard InChI is InChI=1S/C20H26N4O2S2/c1-6-24-17(25)15-12-8-7-11(2)9-13(12)28-16(15)22-19(24)27-10-14-21-18(26-23-14)20(3,4)5/h11H,6-10H2,1-5H3. The molecule has 3 aromatic rings. The van der Waals surface area contributed by atoms with E-state index in [-0.39, 0.29) is 11.0 Å². The summed E-state index contributed by atoms with van der Waals surface area (Å²) in [6.07, 6.45) is 3.19. The molecular weight excluding hydrogens is 392 g/mol. The van der Waals surface area contributed by atoms with Gasteiger partial charge in [0, 0.05) is 16.8 Å². The summed E-state index contributed by atoms with van der Waals surface area (Å²) in [5.41, 5.74) is 1.15. The lowest BCUT2D eigenvalue weighted by Gasteiger charge is -2.17. The van der Waals surface area contributed by atoms with Crippen molar-refractivity contribution < 1.29 is 4.52 Å². The normalized spacial score (nSPS) is 17.2. The average molecular weight is 419 g/mol. The molecule has 0 amide bonds. The highest BCUT2D eigenvalue weighted by Gasteiger charge is 2.25. The molecule has 4 rings (SSSR count). The summed E-state index contributed by atoms with van der Waals surface area (Å²) >= 11 is 3.19. The zero-order valence-corrected chi connectivity index (χ0v) is 18.7. The number of aromatic nitrogens is 4. The highest BCUT2D eigenvalue weighted by molar-refractivity contribution is 7.98. The molecule has 28 heavy (non-hydrogen) atoms. The second-order valence-electron chi connectivity index (χ2n) is 8.53. The van der Waals surface area contributed by atoms with E-state index < -0.39 is 0 Å². The van der Waals surface area contributed by atoms with Gasteiger partial charge in [-0.3, -0.25) is 9.36 Å². The second-order valence-corrected chi connectivity index (χ2v) is 10.6. The van der Waals surface area contributed by atoms with Crippen LogP contribution in [0.15, 0.2) is 14.5 Å². The van der Waals surface area contributed by atoms with Gasteiger partial charge in [0.25, 0.3) is 5.56 Å². The number of aryl methyl sites for hydroxylation is 1. The van der Waals surface area contributed by atoms with Crippen LogP contribution in [0.1, 0.15) is 63.2 Å². The molecule has 0 radical (unpaired) electrons. The van der Waals surface area contributed by atoms with Crippen molar-refractivity contribution in [3.63, 3.8) is 0 Å². The van der Waals surface area contributed by atoms with E-state index in [1.165, 1.54) is 22.2 Å². The van der Waals surface area contributed by atoms with Crippen LogP contribution in [-0.2, 0) is 30.6 Å². The summed E-state index contributed by atoms with van der Waals surface area (Å²) in [5.74, 6) is 2.46. The van der Waals surface area contributed by atoms with E-state index in [0.717, 1.165) is 34.6 Å². The van der Waals surface area contributed by atoms with Crippen molar-refractivity contribution in [2.75, 3.05) is 0 Å². The third-order valence-corrected chi connectivity index (χ3v) is 7.26. The minimum Gasteiger partial charge on any atom is -0.339 e. The van der Waals surface area contributed by atoms with Gasteiger partial charge in [-0.2, -0.15) is 4.98 Å². The fourth-order valence-corrected chi connectivity index (χ4v) is 5.87. The van der Waals surface area contributed by atoms with Crippen LogP contribution in [0.2, 0.25) is 0 Å². The molecule has 0 N–H and O–H groups in total. The van der Waals surface area contributed by atoms with E-state index in [2.05, 4.69) is 17.1 Å². The lowest BCUT2D eigenvalue weighted by Crippen LogP contribution is -2.23. The van der Waals surface area contributed by atoms with Crippen LogP contribution in [0.4, 0.5) is 0 Å². The molecule has 0 saturated heterocycles. The monoisotopic (exact) mass is 418 g/mol. The first-order valence-electron chi connectivity index (χ1n) is 9.78. The van der Waals surface area contributed by atoms with Crippen LogP contribution >= 0.6 is 23.1 Å². The van der Waals surface area contributed by atoms with Gasteiger partial charge in [-0.15, -0.1) is 11.3 Å². The lowest BCUT2D eigenvalue weighted by atomic mass is 9.89. The largest absolute Gasteiger partial charge is 0.339 e. The van der Waals surface area contributed by atoms with Gasteiger partial charge < -0.3 is 4.52 Å². The molecule has 1 aliphatic rings. The Labute approximate surface area is 172 Å². The number of thiophene rings is 1. The number of thioether (sulfide) groups is 1.